The molecule has 126 valence electrons. The van der Waals surface area contributed by atoms with E-state index in [1.807, 2.05) is 61.5 Å². The third kappa shape index (κ3) is 4.41. The summed E-state index contributed by atoms with van der Waals surface area (Å²) in [5, 5.41) is 7.98. The lowest BCUT2D eigenvalue weighted by atomic mass is 10.1. The first-order valence-corrected chi connectivity index (χ1v) is 7.96. The number of ether oxygens (including phenoxy) is 1. The smallest absolute Gasteiger partial charge is 0.331 e. The molecule has 2 aromatic carbocycles. The Morgan fingerprint density at radius 2 is 1.80 bits per heavy atom. The van der Waals surface area contributed by atoms with Gasteiger partial charge < -0.3 is 9.15 Å². The van der Waals surface area contributed by atoms with Gasteiger partial charge in [-0.15, -0.1) is 10.2 Å². The van der Waals surface area contributed by atoms with Crippen LogP contribution >= 0.6 is 0 Å². The minimum absolute atomic E-state index is 0.261. The molecule has 0 radical (unpaired) electrons. The van der Waals surface area contributed by atoms with E-state index in [0.29, 0.717) is 5.89 Å². The Morgan fingerprint density at radius 1 is 1.08 bits per heavy atom. The van der Waals surface area contributed by atoms with Crippen LogP contribution in [0.3, 0.4) is 0 Å². The molecule has 0 aliphatic heterocycles. The van der Waals surface area contributed by atoms with Gasteiger partial charge in [-0.1, -0.05) is 48.0 Å². The molecule has 0 spiro atoms. The van der Waals surface area contributed by atoms with Crippen LogP contribution in [-0.2, 0) is 9.53 Å². The monoisotopic (exact) mass is 334 g/mol. The molecule has 0 aliphatic rings. The fourth-order valence-corrected chi connectivity index (χ4v) is 2.20. The highest BCUT2D eigenvalue weighted by Gasteiger charge is 2.18. The molecule has 1 aromatic heterocycles. The summed E-state index contributed by atoms with van der Waals surface area (Å²) >= 11 is 0. The summed E-state index contributed by atoms with van der Waals surface area (Å²) in [7, 11) is 0. The third-order valence-electron chi connectivity index (χ3n) is 3.59. The van der Waals surface area contributed by atoms with Crippen LogP contribution in [0, 0.1) is 6.92 Å². The molecule has 5 heteroatoms. The predicted octanol–water partition coefficient (Wildman–Crippen LogP) is 4.36. The second-order valence-electron chi connectivity index (χ2n) is 5.63. The molecule has 3 aromatic rings. The van der Waals surface area contributed by atoms with Crippen molar-refractivity contribution in [1.82, 2.24) is 10.2 Å². The van der Waals surface area contributed by atoms with E-state index < -0.39 is 12.1 Å². The second kappa shape index (κ2) is 7.57. The Bertz CT molecular complexity index is 867. The molecule has 0 aliphatic carbocycles. The largest absolute Gasteiger partial charge is 0.449 e. The highest BCUT2D eigenvalue weighted by atomic mass is 16.6. The average Bonchev–Trinajstić information content (AvgIpc) is 3.12. The number of benzene rings is 2. The molecule has 5 nitrogen and oxygen atoms in total. The van der Waals surface area contributed by atoms with Gasteiger partial charge >= 0.3 is 5.97 Å². The molecule has 0 saturated carbocycles. The summed E-state index contributed by atoms with van der Waals surface area (Å²) in [6, 6.07) is 17.3. The number of carbonyl (C=O) groups is 1. The molecular formula is C20H18N2O3. The molecule has 0 unspecified atom stereocenters. The lowest BCUT2D eigenvalue weighted by Gasteiger charge is -2.06. The van der Waals surface area contributed by atoms with E-state index in [9.17, 15) is 4.79 Å². The van der Waals surface area contributed by atoms with Gasteiger partial charge in [0, 0.05) is 11.6 Å². The molecule has 1 atom stereocenters. The first-order valence-electron chi connectivity index (χ1n) is 7.96. The molecule has 0 fully saturated rings. The van der Waals surface area contributed by atoms with E-state index >= 15 is 0 Å². The van der Waals surface area contributed by atoms with Gasteiger partial charge in [0.2, 0.25) is 5.89 Å². The number of esters is 1. The summed E-state index contributed by atoms with van der Waals surface area (Å²) in [5.74, 6) is 0.196. The zero-order valence-corrected chi connectivity index (χ0v) is 14.0. The van der Waals surface area contributed by atoms with Gasteiger partial charge in [-0.2, -0.15) is 0 Å². The molecule has 3 rings (SSSR count). The van der Waals surface area contributed by atoms with Crippen molar-refractivity contribution in [2.24, 2.45) is 0 Å². The van der Waals surface area contributed by atoms with Crippen LogP contribution in [0.2, 0.25) is 0 Å². The molecule has 0 bridgehead atoms. The van der Waals surface area contributed by atoms with E-state index in [1.165, 1.54) is 6.08 Å². The molecule has 25 heavy (non-hydrogen) atoms. The first kappa shape index (κ1) is 16.6. The van der Waals surface area contributed by atoms with Crippen molar-refractivity contribution in [3.8, 4) is 11.5 Å². The van der Waals surface area contributed by atoms with Crippen molar-refractivity contribution in [2.75, 3.05) is 0 Å². The highest BCUT2D eigenvalue weighted by Crippen LogP contribution is 2.22. The zero-order valence-electron chi connectivity index (χ0n) is 14.0. The summed E-state index contributed by atoms with van der Waals surface area (Å²) in [6.45, 7) is 3.70. The summed E-state index contributed by atoms with van der Waals surface area (Å²) in [5.41, 5.74) is 2.90. The van der Waals surface area contributed by atoms with Crippen LogP contribution < -0.4 is 0 Å². The predicted molar refractivity (Wildman–Crippen MR) is 94.5 cm³/mol. The van der Waals surface area contributed by atoms with Crippen molar-refractivity contribution < 1.29 is 13.9 Å². The van der Waals surface area contributed by atoms with Gasteiger partial charge in [-0.3, -0.25) is 0 Å². The normalized spacial score (nSPS) is 12.2. The number of hydrogen-bond donors (Lipinski definition) is 0. The van der Waals surface area contributed by atoms with Crippen molar-refractivity contribution in [3.63, 3.8) is 0 Å². The minimum atomic E-state index is -0.625. The molecule has 0 N–H and O–H groups in total. The van der Waals surface area contributed by atoms with Gasteiger partial charge in [-0.25, -0.2) is 4.79 Å². The maximum Gasteiger partial charge on any atom is 0.331 e. The van der Waals surface area contributed by atoms with Crippen LogP contribution in [0.5, 0.6) is 0 Å². The number of rotatable bonds is 5. The summed E-state index contributed by atoms with van der Waals surface area (Å²) < 4.78 is 10.9. The Morgan fingerprint density at radius 3 is 2.52 bits per heavy atom. The van der Waals surface area contributed by atoms with Gasteiger partial charge in [0.25, 0.3) is 5.89 Å². The Balaban J connectivity index is 1.63. The minimum Gasteiger partial charge on any atom is -0.449 e. The van der Waals surface area contributed by atoms with E-state index in [0.717, 1.165) is 16.7 Å². The fourth-order valence-electron chi connectivity index (χ4n) is 2.20. The Labute approximate surface area is 146 Å². The number of nitrogens with zero attached hydrogens (tertiary/aromatic N) is 2. The molecule has 0 saturated heterocycles. The van der Waals surface area contributed by atoms with E-state index in [-0.39, 0.29) is 5.89 Å². The first-order chi connectivity index (χ1) is 12.1. The number of aromatic nitrogens is 2. The topological polar surface area (TPSA) is 65.2 Å². The third-order valence-corrected chi connectivity index (χ3v) is 3.59. The molecular weight excluding hydrogens is 316 g/mol. The van der Waals surface area contributed by atoms with Crippen LogP contribution in [0.15, 0.2) is 65.1 Å². The van der Waals surface area contributed by atoms with E-state index in [4.69, 9.17) is 9.15 Å². The van der Waals surface area contributed by atoms with Crippen LogP contribution in [0.4, 0.5) is 0 Å². The van der Waals surface area contributed by atoms with Crippen LogP contribution in [-0.4, -0.2) is 16.2 Å². The standard InChI is InChI=1S/C20H18N2O3/c1-14-8-11-17(12-9-14)20-22-21-19(25-20)15(2)24-18(23)13-10-16-6-4-3-5-7-16/h3-13,15H,1-2H3/b13-10+/t15-/m1/s1. The van der Waals surface area contributed by atoms with Crippen molar-refractivity contribution in [3.05, 3.63) is 77.7 Å². The Kier molecular flexibility index (Phi) is 5.04. The van der Waals surface area contributed by atoms with Crippen molar-refractivity contribution in [1.29, 1.82) is 0 Å². The molecule has 0 amide bonds. The lowest BCUT2D eigenvalue weighted by Crippen LogP contribution is -2.06. The number of carbonyl (C=O) groups excluding carboxylic acids is 1. The lowest BCUT2D eigenvalue weighted by molar-refractivity contribution is -0.143. The van der Waals surface area contributed by atoms with Gasteiger partial charge in [-0.05, 0) is 37.6 Å². The average molecular weight is 334 g/mol. The zero-order chi connectivity index (χ0) is 17.6. The molecule has 1 heterocycles. The van der Waals surface area contributed by atoms with E-state index in [2.05, 4.69) is 10.2 Å². The van der Waals surface area contributed by atoms with Gasteiger partial charge in [0.1, 0.15) is 0 Å². The quantitative estimate of drug-likeness (QED) is 0.512. The Hall–Kier alpha value is -3.21. The van der Waals surface area contributed by atoms with Crippen LogP contribution in [0.25, 0.3) is 17.5 Å². The SMILES string of the molecule is Cc1ccc(-c2nnc([C@@H](C)OC(=O)/C=C/c3ccccc3)o2)cc1. The van der Waals surface area contributed by atoms with Gasteiger partial charge in [0.15, 0.2) is 6.10 Å². The number of hydrogen-bond acceptors (Lipinski definition) is 5. The van der Waals surface area contributed by atoms with Crippen LogP contribution in [0.1, 0.15) is 30.0 Å². The number of aryl methyl sites for hydroxylation is 1. The maximum atomic E-state index is 11.9. The summed E-state index contributed by atoms with van der Waals surface area (Å²) in [4.78, 5) is 11.9. The van der Waals surface area contributed by atoms with Crippen molar-refractivity contribution in [2.45, 2.75) is 20.0 Å². The van der Waals surface area contributed by atoms with Crippen molar-refractivity contribution >= 4 is 12.0 Å². The summed E-state index contributed by atoms with van der Waals surface area (Å²) in [6.07, 6.45) is 2.45. The fraction of sp³-hybridized carbons (Fsp3) is 0.150. The van der Waals surface area contributed by atoms with E-state index in [1.54, 1.807) is 13.0 Å². The highest BCUT2D eigenvalue weighted by molar-refractivity contribution is 5.87. The van der Waals surface area contributed by atoms with Gasteiger partial charge in [0.05, 0.1) is 0 Å². The second-order valence-corrected chi connectivity index (χ2v) is 5.63. The maximum absolute atomic E-state index is 11.9.